The molecule has 2 unspecified atom stereocenters. The number of ether oxygens (including phenoxy) is 1. The summed E-state index contributed by atoms with van der Waals surface area (Å²) in [5.74, 6) is -0.377. The molecular formula is C22H25BrClFN2O2. The Hall–Kier alpha value is -1.63. The van der Waals surface area contributed by atoms with Gasteiger partial charge in [-0.05, 0) is 35.9 Å². The summed E-state index contributed by atoms with van der Waals surface area (Å²) < 4.78 is 20.6. The maximum Gasteiger partial charge on any atom is 0.411 e. The van der Waals surface area contributed by atoms with Crippen LogP contribution in [0.25, 0.3) is 11.1 Å². The molecule has 0 radical (unpaired) electrons. The molecular weight excluding hydrogens is 459 g/mol. The number of hydrogen-bond donors (Lipinski definition) is 1. The number of fused-ring (bicyclic) bond motifs is 2. The van der Waals surface area contributed by atoms with E-state index in [0.29, 0.717) is 28.4 Å². The second-order valence-electron chi connectivity index (χ2n) is 8.34. The van der Waals surface area contributed by atoms with Gasteiger partial charge in [0.1, 0.15) is 11.9 Å². The third-order valence-corrected chi connectivity index (χ3v) is 6.65. The van der Waals surface area contributed by atoms with Crippen LogP contribution in [-0.2, 0) is 4.74 Å². The van der Waals surface area contributed by atoms with E-state index in [-0.39, 0.29) is 28.9 Å². The minimum absolute atomic E-state index is 0. The highest BCUT2D eigenvalue weighted by molar-refractivity contribution is 6.30. The summed E-state index contributed by atoms with van der Waals surface area (Å²) in [7, 11) is 4.54. The van der Waals surface area contributed by atoms with Crippen LogP contribution in [0.5, 0.6) is 0 Å². The van der Waals surface area contributed by atoms with Crippen molar-refractivity contribution in [2.24, 2.45) is 0 Å². The van der Waals surface area contributed by atoms with Crippen LogP contribution in [0.2, 0.25) is 5.02 Å². The standard InChI is InChI=1S/C22H24ClFN2O2.BrH/c1-26(2)17-7-8-18(26)13-19(12-17)28-22(27)25-21-9-6-16(24)11-20(21)14-4-3-5-15(23)10-14;/h3-6,9-11,17-19H,7-8,12-13H2,1-2H3;1H. The maximum absolute atomic E-state index is 13.8. The van der Waals surface area contributed by atoms with E-state index in [0.717, 1.165) is 22.9 Å². The van der Waals surface area contributed by atoms with Gasteiger partial charge in [-0.2, -0.15) is 0 Å². The molecule has 2 aliphatic heterocycles. The van der Waals surface area contributed by atoms with Crippen molar-refractivity contribution in [3.05, 3.63) is 53.3 Å². The number of nitrogens with zero attached hydrogens (tertiary/aromatic N) is 1. The summed E-state index contributed by atoms with van der Waals surface area (Å²) in [6, 6.07) is 12.5. The molecule has 0 saturated carbocycles. The van der Waals surface area contributed by atoms with Crippen molar-refractivity contribution in [2.75, 3.05) is 19.4 Å². The normalized spacial score (nSPS) is 24.5. The van der Waals surface area contributed by atoms with Crippen LogP contribution >= 0.6 is 11.6 Å². The Labute approximate surface area is 186 Å². The molecule has 4 rings (SSSR count). The zero-order valence-corrected chi connectivity index (χ0v) is 18.8. The average molecular weight is 484 g/mol. The second-order valence-corrected chi connectivity index (χ2v) is 8.77. The van der Waals surface area contributed by atoms with Crippen LogP contribution in [-0.4, -0.2) is 42.9 Å². The first-order chi connectivity index (χ1) is 13.3. The molecule has 29 heavy (non-hydrogen) atoms. The van der Waals surface area contributed by atoms with Gasteiger partial charge in [0.25, 0.3) is 0 Å². The quantitative estimate of drug-likeness (QED) is 0.681. The molecule has 4 nitrogen and oxygen atoms in total. The summed E-state index contributed by atoms with van der Waals surface area (Å²) in [5, 5.41) is 3.35. The van der Waals surface area contributed by atoms with Gasteiger partial charge in [0.15, 0.2) is 0 Å². The molecule has 156 valence electrons. The Morgan fingerprint density at radius 3 is 2.48 bits per heavy atom. The van der Waals surface area contributed by atoms with Crippen molar-refractivity contribution in [3.63, 3.8) is 0 Å². The SMILES string of the molecule is C[N+]1(C)C2CCC1CC(OC(=O)Nc1ccc(F)cc1-c1cccc(Cl)c1)C2.[Br-]. The van der Waals surface area contributed by atoms with Crippen LogP contribution < -0.4 is 22.3 Å². The molecule has 0 spiro atoms. The highest BCUT2D eigenvalue weighted by Gasteiger charge is 2.49. The first kappa shape index (κ1) is 22.1. The lowest BCUT2D eigenvalue weighted by Crippen LogP contribution is -3.00. The molecule has 2 aliphatic rings. The average Bonchev–Trinajstić information content (AvgIpc) is 2.81. The van der Waals surface area contributed by atoms with Gasteiger partial charge < -0.3 is 26.2 Å². The number of nitrogens with one attached hydrogen (secondary N) is 1. The minimum Gasteiger partial charge on any atom is -1.00 e. The molecule has 2 fully saturated rings. The number of carbonyl (C=O) groups excluding carboxylic acids is 1. The van der Waals surface area contributed by atoms with Crippen molar-refractivity contribution in [2.45, 2.75) is 43.9 Å². The lowest BCUT2D eigenvalue weighted by molar-refractivity contribution is -0.931. The molecule has 2 heterocycles. The molecule has 2 saturated heterocycles. The molecule has 1 amide bonds. The summed E-state index contributed by atoms with van der Waals surface area (Å²) in [5.41, 5.74) is 1.81. The van der Waals surface area contributed by atoms with Crippen LogP contribution in [0.4, 0.5) is 14.9 Å². The number of rotatable bonds is 3. The van der Waals surface area contributed by atoms with Gasteiger partial charge >= 0.3 is 6.09 Å². The Morgan fingerprint density at radius 2 is 1.83 bits per heavy atom. The number of anilines is 1. The topological polar surface area (TPSA) is 38.3 Å². The molecule has 1 N–H and O–H groups in total. The number of halogens is 3. The first-order valence-corrected chi connectivity index (χ1v) is 10.1. The monoisotopic (exact) mass is 482 g/mol. The predicted molar refractivity (Wildman–Crippen MR) is 109 cm³/mol. The molecule has 0 aliphatic carbocycles. The Kier molecular flexibility index (Phi) is 6.56. The fourth-order valence-corrected chi connectivity index (χ4v) is 4.93. The predicted octanol–water partition coefficient (Wildman–Crippen LogP) is 2.47. The van der Waals surface area contributed by atoms with Crippen molar-refractivity contribution in [1.82, 2.24) is 0 Å². The number of piperidine rings is 1. The zero-order valence-electron chi connectivity index (χ0n) is 16.5. The van der Waals surface area contributed by atoms with Gasteiger partial charge in [-0.1, -0.05) is 23.7 Å². The fraction of sp³-hybridized carbons (Fsp3) is 0.409. The third-order valence-electron chi connectivity index (χ3n) is 6.41. The highest BCUT2D eigenvalue weighted by Crippen LogP contribution is 2.40. The van der Waals surface area contributed by atoms with Crippen molar-refractivity contribution < 1.29 is 35.4 Å². The number of carbonyl (C=O) groups is 1. The van der Waals surface area contributed by atoms with E-state index in [4.69, 9.17) is 16.3 Å². The molecule has 2 aromatic carbocycles. The number of hydrogen-bond acceptors (Lipinski definition) is 2. The van der Waals surface area contributed by atoms with Crippen molar-refractivity contribution in [1.29, 1.82) is 0 Å². The van der Waals surface area contributed by atoms with Crippen LogP contribution in [0.1, 0.15) is 25.7 Å². The maximum atomic E-state index is 13.8. The lowest BCUT2D eigenvalue weighted by atomic mass is 9.98. The van der Waals surface area contributed by atoms with Gasteiger partial charge in [-0.15, -0.1) is 0 Å². The van der Waals surface area contributed by atoms with E-state index in [1.165, 1.54) is 25.0 Å². The van der Waals surface area contributed by atoms with E-state index in [1.807, 2.05) is 6.07 Å². The van der Waals surface area contributed by atoms with Gasteiger partial charge in [0.2, 0.25) is 0 Å². The number of amides is 1. The van der Waals surface area contributed by atoms with Crippen molar-refractivity contribution >= 4 is 23.4 Å². The number of quaternary nitrogens is 1. The third kappa shape index (κ3) is 4.60. The van der Waals surface area contributed by atoms with E-state index in [1.54, 1.807) is 24.3 Å². The van der Waals surface area contributed by atoms with E-state index in [9.17, 15) is 9.18 Å². The summed E-state index contributed by atoms with van der Waals surface area (Å²) in [4.78, 5) is 12.6. The molecule has 7 heteroatoms. The smallest absolute Gasteiger partial charge is 0.411 e. The van der Waals surface area contributed by atoms with Crippen molar-refractivity contribution in [3.8, 4) is 11.1 Å². The molecule has 0 aromatic heterocycles. The highest BCUT2D eigenvalue weighted by atomic mass is 79.9. The molecule has 2 aromatic rings. The van der Waals surface area contributed by atoms with Crippen LogP contribution in [0.3, 0.4) is 0 Å². The van der Waals surface area contributed by atoms with Gasteiger partial charge in [-0.25, -0.2) is 9.18 Å². The summed E-state index contributed by atoms with van der Waals surface area (Å²) >= 11 is 6.07. The Bertz CT molecular complexity index is 892. The van der Waals surface area contributed by atoms with E-state index in [2.05, 4.69) is 19.4 Å². The van der Waals surface area contributed by atoms with Gasteiger partial charge in [-0.3, -0.25) is 5.32 Å². The minimum atomic E-state index is -0.494. The second kappa shape index (κ2) is 8.62. The largest absolute Gasteiger partial charge is 1.00 e. The Morgan fingerprint density at radius 1 is 1.14 bits per heavy atom. The van der Waals surface area contributed by atoms with Crippen LogP contribution in [0.15, 0.2) is 42.5 Å². The van der Waals surface area contributed by atoms with Gasteiger partial charge in [0, 0.05) is 36.3 Å². The zero-order chi connectivity index (χ0) is 19.9. The molecule has 2 bridgehead atoms. The van der Waals surface area contributed by atoms with E-state index < -0.39 is 6.09 Å². The molecule has 2 atom stereocenters. The lowest BCUT2D eigenvalue weighted by Gasteiger charge is -2.43. The fourth-order valence-electron chi connectivity index (χ4n) is 4.74. The van der Waals surface area contributed by atoms with E-state index >= 15 is 0 Å². The summed E-state index contributed by atoms with van der Waals surface area (Å²) in [6.07, 6.45) is 3.60. The van der Waals surface area contributed by atoms with Crippen LogP contribution in [0, 0.1) is 5.82 Å². The Balaban J connectivity index is 0.00000240. The first-order valence-electron chi connectivity index (χ1n) is 9.69. The number of benzene rings is 2. The van der Waals surface area contributed by atoms with Gasteiger partial charge in [0.05, 0.1) is 31.9 Å². The summed E-state index contributed by atoms with van der Waals surface area (Å²) in [6.45, 7) is 0.